The van der Waals surface area contributed by atoms with Gasteiger partial charge in [0.2, 0.25) is 0 Å². The number of rotatable bonds is 2. The first-order valence-electron chi connectivity index (χ1n) is 4.76. The zero-order valence-electron chi connectivity index (χ0n) is 9.24. The van der Waals surface area contributed by atoms with E-state index < -0.39 is 0 Å². The van der Waals surface area contributed by atoms with E-state index in [2.05, 4.69) is 18.1 Å². The molecule has 0 aromatic heterocycles. The third kappa shape index (κ3) is 3.60. The van der Waals surface area contributed by atoms with Crippen molar-refractivity contribution in [2.75, 3.05) is 0 Å². The summed E-state index contributed by atoms with van der Waals surface area (Å²) in [5.41, 5.74) is 2.07. The van der Waals surface area contributed by atoms with Gasteiger partial charge in [-0.3, -0.25) is 0 Å². The summed E-state index contributed by atoms with van der Waals surface area (Å²) in [4.78, 5) is 5.26. The van der Waals surface area contributed by atoms with Gasteiger partial charge in [-0.25, -0.2) is 0 Å². The molecule has 0 N–H and O–H groups in total. The van der Waals surface area contributed by atoms with Crippen molar-refractivity contribution >= 4 is 6.21 Å². The Morgan fingerprint density at radius 2 is 1.86 bits per heavy atom. The molecule has 0 fully saturated rings. The molecule has 0 heterocycles. The van der Waals surface area contributed by atoms with Crippen LogP contribution in [0.3, 0.4) is 0 Å². The van der Waals surface area contributed by atoms with E-state index in [4.69, 9.17) is 4.84 Å². The summed E-state index contributed by atoms with van der Waals surface area (Å²) < 4.78 is 0. The molecule has 1 aromatic rings. The van der Waals surface area contributed by atoms with Crippen molar-refractivity contribution < 1.29 is 4.84 Å². The van der Waals surface area contributed by atoms with Crippen molar-refractivity contribution in [2.24, 2.45) is 5.16 Å². The summed E-state index contributed by atoms with van der Waals surface area (Å²) in [7, 11) is 0. The maximum absolute atomic E-state index is 5.26. The van der Waals surface area contributed by atoms with E-state index in [9.17, 15) is 0 Å². The average molecular weight is 191 g/mol. The van der Waals surface area contributed by atoms with E-state index in [1.54, 1.807) is 6.21 Å². The molecule has 0 saturated carbocycles. The first-order valence-corrected chi connectivity index (χ1v) is 4.76. The van der Waals surface area contributed by atoms with Crippen LogP contribution in [-0.2, 0) is 4.84 Å². The minimum atomic E-state index is -0.223. The summed E-state index contributed by atoms with van der Waals surface area (Å²) in [6.07, 6.45) is 1.75. The lowest BCUT2D eigenvalue weighted by Gasteiger charge is -2.14. The molecule has 0 bridgehead atoms. The van der Waals surface area contributed by atoms with Gasteiger partial charge in [0, 0.05) is 0 Å². The molecule has 1 rings (SSSR count). The van der Waals surface area contributed by atoms with E-state index in [0.717, 1.165) is 5.56 Å². The van der Waals surface area contributed by atoms with E-state index in [1.165, 1.54) is 5.56 Å². The molecule has 14 heavy (non-hydrogen) atoms. The van der Waals surface area contributed by atoms with Crippen LogP contribution in [0, 0.1) is 6.92 Å². The molecule has 0 saturated heterocycles. The first kappa shape index (κ1) is 10.8. The highest BCUT2D eigenvalue weighted by Gasteiger charge is 2.09. The fourth-order valence-electron chi connectivity index (χ4n) is 0.973. The minimum Gasteiger partial charge on any atom is -0.390 e. The van der Waals surface area contributed by atoms with Crippen molar-refractivity contribution in [3.8, 4) is 0 Å². The molecule has 0 spiro atoms. The van der Waals surface area contributed by atoms with Gasteiger partial charge < -0.3 is 4.84 Å². The van der Waals surface area contributed by atoms with Crippen LogP contribution < -0.4 is 0 Å². The van der Waals surface area contributed by atoms with Crippen LogP contribution in [0.25, 0.3) is 0 Å². The van der Waals surface area contributed by atoms with Crippen molar-refractivity contribution in [2.45, 2.75) is 33.3 Å². The quantitative estimate of drug-likeness (QED) is 0.520. The second-order valence-electron chi connectivity index (χ2n) is 4.29. The molecule has 0 aliphatic carbocycles. The molecular formula is C12H17NO. The van der Waals surface area contributed by atoms with Crippen LogP contribution in [-0.4, -0.2) is 11.8 Å². The Morgan fingerprint density at radius 1 is 1.21 bits per heavy atom. The summed E-state index contributed by atoms with van der Waals surface area (Å²) in [6, 6.07) is 8.08. The normalized spacial score (nSPS) is 12.0. The van der Waals surface area contributed by atoms with Gasteiger partial charge in [0.15, 0.2) is 0 Å². The van der Waals surface area contributed by atoms with Gasteiger partial charge in [0.1, 0.15) is 5.60 Å². The van der Waals surface area contributed by atoms with Crippen molar-refractivity contribution in [3.63, 3.8) is 0 Å². The molecule has 76 valence electrons. The molecule has 1 aromatic carbocycles. The topological polar surface area (TPSA) is 21.6 Å². The third-order valence-electron chi connectivity index (χ3n) is 1.71. The number of oxime groups is 1. The molecule has 0 aliphatic rings. The van der Waals surface area contributed by atoms with Crippen LogP contribution in [0.5, 0.6) is 0 Å². The van der Waals surface area contributed by atoms with Crippen molar-refractivity contribution in [3.05, 3.63) is 35.4 Å². The Labute approximate surface area is 85.6 Å². The summed E-state index contributed by atoms with van der Waals surface area (Å²) >= 11 is 0. The van der Waals surface area contributed by atoms with Crippen LogP contribution in [0.1, 0.15) is 31.9 Å². The molecule has 2 heteroatoms. The monoisotopic (exact) mass is 191 g/mol. The number of hydrogen-bond acceptors (Lipinski definition) is 2. The highest BCUT2D eigenvalue weighted by atomic mass is 16.6. The lowest BCUT2D eigenvalue weighted by Crippen LogP contribution is -2.15. The van der Waals surface area contributed by atoms with Gasteiger partial charge in [0.25, 0.3) is 0 Å². The predicted molar refractivity (Wildman–Crippen MR) is 59.6 cm³/mol. The number of hydrogen-bond donors (Lipinski definition) is 0. The van der Waals surface area contributed by atoms with Crippen LogP contribution in [0.2, 0.25) is 0 Å². The van der Waals surface area contributed by atoms with E-state index in [-0.39, 0.29) is 5.60 Å². The predicted octanol–water partition coefficient (Wildman–Crippen LogP) is 3.14. The maximum atomic E-state index is 5.26. The van der Waals surface area contributed by atoms with Gasteiger partial charge in [-0.2, -0.15) is 0 Å². The first-order chi connectivity index (χ1) is 6.49. The second kappa shape index (κ2) is 4.27. The molecule has 0 aliphatic heterocycles. The Bertz CT molecular complexity index is 323. The number of benzene rings is 1. The largest absolute Gasteiger partial charge is 0.390 e. The Balaban J connectivity index is 2.65. The van der Waals surface area contributed by atoms with Crippen LogP contribution in [0.4, 0.5) is 0 Å². The number of aryl methyl sites for hydroxylation is 1. The van der Waals surface area contributed by atoms with Gasteiger partial charge in [-0.15, -0.1) is 0 Å². The van der Waals surface area contributed by atoms with Crippen molar-refractivity contribution in [1.82, 2.24) is 0 Å². The fraction of sp³-hybridized carbons (Fsp3) is 0.417. The third-order valence-corrected chi connectivity index (χ3v) is 1.71. The van der Waals surface area contributed by atoms with E-state index in [0.29, 0.717) is 0 Å². The van der Waals surface area contributed by atoms with Crippen molar-refractivity contribution in [1.29, 1.82) is 0 Å². The average Bonchev–Trinajstić information content (AvgIpc) is 2.06. The summed E-state index contributed by atoms with van der Waals surface area (Å²) in [6.45, 7) is 7.98. The SMILES string of the molecule is Cc1ccccc1/C=N\OC(C)(C)C. The molecular weight excluding hydrogens is 174 g/mol. The second-order valence-corrected chi connectivity index (χ2v) is 4.29. The fourth-order valence-corrected chi connectivity index (χ4v) is 0.973. The Morgan fingerprint density at radius 3 is 2.43 bits per heavy atom. The van der Waals surface area contributed by atoms with Crippen LogP contribution in [0.15, 0.2) is 29.4 Å². The highest BCUT2D eigenvalue weighted by Crippen LogP contribution is 2.08. The smallest absolute Gasteiger partial charge is 0.129 e. The molecule has 0 unspecified atom stereocenters. The Kier molecular flexibility index (Phi) is 3.28. The zero-order chi connectivity index (χ0) is 10.6. The Hall–Kier alpha value is -1.31. The maximum Gasteiger partial charge on any atom is 0.129 e. The van der Waals surface area contributed by atoms with Gasteiger partial charge in [-0.1, -0.05) is 29.4 Å². The van der Waals surface area contributed by atoms with Gasteiger partial charge in [0.05, 0.1) is 6.21 Å². The zero-order valence-corrected chi connectivity index (χ0v) is 9.24. The summed E-state index contributed by atoms with van der Waals surface area (Å²) in [5.74, 6) is 0. The lowest BCUT2D eigenvalue weighted by molar-refractivity contribution is 0.00199. The molecule has 0 amide bonds. The standard InChI is InChI=1S/C12H17NO/c1-10-7-5-6-8-11(10)9-13-14-12(2,3)4/h5-9H,1-4H3/b13-9-. The molecule has 0 radical (unpaired) electrons. The van der Waals surface area contributed by atoms with E-state index in [1.807, 2.05) is 39.0 Å². The number of nitrogens with zero attached hydrogens (tertiary/aromatic N) is 1. The molecule has 0 atom stereocenters. The van der Waals surface area contributed by atoms with E-state index >= 15 is 0 Å². The summed E-state index contributed by atoms with van der Waals surface area (Å²) in [5, 5.41) is 3.95. The van der Waals surface area contributed by atoms with Gasteiger partial charge >= 0.3 is 0 Å². The molecule has 2 nitrogen and oxygen atoms in total. The lowest BCUT2D eigenvalue weighted by atomic mass is 10.1. The highest BCUT2D eigenvalue weighted by molar-refractivity contribution is 5.81. The minimum absolute atomic E-state index is 0.223. The van der Waals surface area contributed by atoms with Crippen LogP contribution >= 0.6 is 0 Å². The van der Waals surface area contributed by atoms with Gasteiger partial charge in [-0.05, 0) is 38.8 Å².